The highest BCUT2D eigenvalue weighted by Gasteiger charge is 2.04. The lowest BCUT2D eigenvalue weighted by Crippen LogP contribution is -2.31. The Morgan fingerprint density at radius 3 is 2.56 bits per heavy atom. The fraction of sp³-hybridized carbons (Fsp3) is 0.0500. The van der Waals surface area contributed by atoms with E-state index in [4.69, 9.17) is 11.6 Å². The van der Waals surface area contributed by atoms with Crippen LogP contribution in [0.25, 0.3) is 11.8 Å². The topological polar surface area (TPSA) is 76.0 Å². The van der Waals surface area contributed by atoms with Crippen molar-refractivity contribution in [1.82, 2.24) is 15.1 Å². The molecule has 2 amide bonds. The number of rotatable bonds is 6. The van der Waals surface area contributed by atoms with Gasteiger partial charge in [0.2, 0.25) is 11.8 Å². The number of halogens is 1. The van der Waals surface area contributed by atoms with Crippen LogP contribution < -0.4 is 10.6 Å². The minimum Gasteiger partial charge on any atom is -0.343 e. The molecular formula is C20H17ClN4O2. The summed E-state index contributed by atoms with van der Waals surface area (Å²) < 4.78 is 1.72. The lowest BCUT2D eigenvalue weighted by Gasteiger charge is -2.05. The van der Waals surface area contributed by atoms with Gasteiger partial charge < -0.3 is 10.6 Å². The summed E-state index contributed by atoms with van der Waals surface area (Å²) >= 11 is 5.79. The third-order valence-corrected chi connectivity index (χ3v) is 3.85. The third kappa shape index (κ3) is 5.55. The highest BCUT2D eigenvalue weighted by molar-refractivity contribution is 6.30. The first kappa shape index (κ1) is 18.4. The lowest BCUT2D eigenvalue weighted by molar-refractivity contribution is -0.121. The SMILES string of the molecule is O=C(/C=C/c1cnn(-c2ccccc2)c1)NCC(=O)Nc1ccc(Cl)cc1. The Kier molecular flexibility index (Phi) is 6.02. The Bertz CT molecular complexity index is 950. The van der Waals surface area contributed by atoms with Crippen LogP contribution in [0, 0.1) is 0 Å². The number of carbonyl (C=O) groups excluding carboxylic acids is 2. The number of nitrogens with zero attached hydrogens (tertiary/aromatic N) is 2. The van der Waals surface area contributed by atoms with Crippen LogP contribution >= 0.6 is 11.6 Å². The zero-order valence-corrected chi connectivity index (χ0v) is 15.1. The Labute approximate surface area is 161 Å². The van der Waals surface area contributed by atoms with E-state index in [2.05, 4.69) is 15.7 Å². The van der Waals surface area contributed by atoms with Crippen LogP contribution in [0.4, 0.5) is 5.69 Å². The first-order valence-electron chi connectivity index (χ1n) is 8.21. The summed E-state index contributed by atoms with van der Waals surface area (Å²) in [5.74, 6) is -0.690. The average molecular weight is 381 g/mol. The quantitative estimate of drug-likeness (QED) is 0.644. The lowest BCUT2D eigenvalue weighted by atomic mass is 10.3. The molecule has 0 fully saturated rings. The van der Waals surface area contributed by atoms with Gasteiger partial charge in [0.1, 0.15) is 0 Å². The standard InChI is InChI=1S/C20H17ClN4O2/c21-16-7-9-17(10-8-16)24-20(27)13-22-19(26)11-6-15-12-23-25(14-15)18-4-2-1-3-5-18/h1-12,14H,13H2,(H,22,26)(H,24,27)/b11-6+. The maximum absolute atomic E-state index is 11.9. The summed E-state index contributed by atoms with van der Waals surface area (Å²) in [6.07, 6.45) is 6.47. The van der Waals surface area contributed by atoms with Crippen molar-refractivity contribution in [3.8, 4) is 5.69 Å². The van der Waals surface area contributed by atoms with Crippen molar-refractivity contribution in [3.63, 3.8) is 0 Å². The molecule has 7 heteroatoms. The van der Waals surface area contributed by atoms with E-state index in [-0.39, 0.29) is 18.4 Å². The van der Waals surface area contributed by atoms with Crippen LogP contribution in [0.15, 0.2) is 73.1 Å². The summed E-state index contributed by atoms with van der Waals surface area (Å²) in [6.45, 7) is -0.130. The summed E-state index contributed by atoms with van der Waals surface area (Å²) in [5, 5.41) is 10.0. The molecule has 27 heavy (non-hydrogen) atoms. The number of para-hydroxylation sites is 1. The van der Waals surface area contributed by atoms with Gasteiger partial charge >= 0.3 is 0 Å². The molecule has 0 bridgehead atoms. The molecule has 0 atom stereocenters. The van der Waals surface area contributed by atoms with Crippen molar-refractivity contribution in [3.05, 3.63) is 83.7 Å². The van der Waals surface area contributed by atoms with E-state index in [1.807, 2.05) is 36.5 Å². The number of amides is 2. The van der Waals surface area contributed by atoms with Crippen molar-refractivity contribution in [1.29, 1.82) is 0 Å². The van der Waals surface area contributed by atoms with Crippen molar-refractivity contribution < 1.29 is 9.59 Å². The van der Waals surface area contributed by atoms with Crippen LogP contribution in [-0.2, 0) is 9.59 Å². The molecule has 0 aliphatic rings. The van der Waals surface area contributed by atoms with Crippen LogP contribution in [0.5, 0.6) is 0 Å². The van der Waals surface area contributed by atoms with Gasteiger partial charge in [0.05, 0.1) is 18.4 Å². The summed E-state index contributed by atoms with van der Waals surface area (Å²) in [4.78, 5) is 23.7. The summed E-state index contributed by atoms with van der Waals surface area (Å²) in [6, 6.07) is 16.4. The summed E-state index contributed by atoms with van der Waals surface area (Å²) in [5.41, 5.74) is 2.32. The van der Waals surface area contributed by atoms with Crippen molar-refractivity contribution in [2.75, 3.05) is 11.9 Å². The van der Waals surface area contributed by atoms with Crippen LogP contribution in [0.1, 0.15) is 5.56 Å². The second kappa shape index (κ2) is 8.82. The first-order chi connectivity index (χ1) is 13.1. The number of carbonyl (C=O) groups is 2. The number of hydrogen-bond acceptors (Lipinski definition) is 3. The van der Waals surface area contributed by atoms with Gasteiger partial charge in [-0.05, 0) is 42.5 Å². The molecule has 1 aromatic heterocycles. The van der Waals surface area contributed by atoms with E-state index in [1.54, 1.807) is 41.2 Å². The number of aromatic nitrogens is 2. The molecular weight excluding hydrogens is 364 g/mol. The second-order valence-corrected chi connectivity index (χ2v) is 6.10. The van der Waals surface area contributed by atoms with Gasteiger partial charge in [0.15, 0.2) is 0 Å². The molecule has 0 aliphatic carbocycles. The van der Waals surface area contributed by atoms with Crippen molar-refractivity contribution in [2.45, 2.75) is 0 Å². The molecule has 0 saturated carbocycles. The summed E-state index contributed by atoms with van der Waals surface area (Å²) in [7, 11) is 0. The third-order valence-electron chi connectivity index (χ3n) is 3.60. The smallest absolute Gasteiger partial charge is 0.244 e. The van der Waals surface area contributed by atoms with Crippen LogP contribution in [-0.4, -0.2) is 28.1 Å². The Hall–Kier alpha value is -3.38. The Morgan fingerprint density at radius 2 is 1.81 bits per heavy atom. The van der Waals surface area contributed by atoms with E-state index in [0.29, 0.717) is 10.7 Å². The molecule has 3 aromatic rings. The van der Waals surface area contributed by atoms with Gasteiger partial charge in [-0.25, -0.2) is 4.68 Å². The highest BCUT2D eigenvalue weighted by atomic mass is 35.5. The molecule has 0 unspecified atom stereocenters. The molecule has 2 aromatic carbocycles. The van der Waals surface area contributed by atoms with Gasteiger partial charge in [0, 0.05) is 28.5 Å². The first-order valence-corrected chi connectivity index (χ1v) is 8.59. The van der Waals surface area contributed by atoms with Gasteiger partial charge in [-0.2, -0.15) is 5.10 Å². The maximum Gasteiger partial charge on any atom is 0.244 e. The molecule has 136 valence electrons. The molecule has 0 saturated heterocycles. The maximum atomic E-state index is 11.9. The minimum absolute atomic E-state index is 0.130. The van der Waals surface area contributed by atoms with E-state index in [9.17, 15) is 9.59 Å². The highest BCUT2D eigenvalue weighted by Crippen LogP contribution is 2.13. The molecule has 0 spiro atoms. The molecule has 0 radical (unpaired) electrons. The number of hydrogen-bond donors (Lipinski definition) is 2. The van der Waals surface area contributed by atoms with Gasteiger partial charge in [-0.15, -0.1) is 0 Å². The van der Waals surface area contributed by atoms with Gasteiger partial charge in [-0.1, -0.05) is 29.8 Å². The predicted octanol–water partition coefficient (Wildman–Crippen LogP) is 3.29. The van der Waals surface area contributed by atoms with E-state index >= 15 is 0 Å². The van der Waals surface area contributed by atoms with E-state index < -0.39 is 0 Å². The predicted molar refractivity (Wildman–Crippen MR) is 106 cm³/mol. The van der Waals surface area contributed by atoms with E-state index in [1.165, 1.54) is 6.08 Å². The number of benzene rings is 2. The Morgan fingerprint density at radius 1 is 1.07 bits per heavy atom. The molecule has 1 heterocycles. The average Bonchev–Trinajstić information content (AvgIpc) is 3.16. The zero-order chi connectivity index (χ0) is 19.1. The Balaban J connectivity index is 1.48. The van der Waals surface area contributed by atoms with Crippen molar-refractivity contribution in [2.24, 2.45) is 0 Å². The molecule has 2 N–H and O–H groups in total. The fourth-order valence-electron chi connectivity index (χ4n) is 2.28. The van der Waals surface area contributed by atoms with Crippen LogP contribution in [0.3, 0.4) is 0 Å². The van der Waals surface area contributed by atoms with Crippen molar-refractivity contribution >= 4 is 35.2 Å². The zero-order valence-electron chi connectivity index (χ0n) is 14.3. The number of nitrogens with one attached hydrogen (secondary N) is 2. The van der Waals surface area contributed by atoms with Gasteiger partial charge in [-0.3, -0.25) is 9.59 Å². The normalized spacial score (nSPS) is 10.7. The largest absolute Gasteiger partial charge is 0.343 e. The monoisotopic (exact) mass is 380 g/mol. The minimum atomic E-state index is -0.367. The molecule has 3 rings (SSSR count). The second-order valence-electron chi connectivity index (χ2n) is 5.66. The van der Waals surface area contributed by atoms with Gasteiger partial charge in [0.25, 0.3) is 0 Å². The molecule has 6 nitrogen and oxygen atoms in total. The molecule has 0 aliphatic heterocycles. The fourth-order valence-corrected chi connectivity index (χ4v) is 2.41. The van der Waals surface area contributed by atoms with E-state index in [0.717, 1.165) is 11.3 Å². The number of anilines is 1. The van der Waals surface area contributed by atoms with Crippen LogP contribution in [0.2, 0.25) is 5.02 Å².